The summed E-state index contributed by atoms with van der Waals surface area (Å²) >= 11 is 0. The van der Waals surface area contributed by atoms with E-state index >= 15 is 0 Å². The quantitative estimate of drug-likeness (QED) is 0.890. The molecular formula is C18H24FN3O2. The van der Waals surface area contributed by atoms with E-state index in [9.17, 15) is 14.0 Å². The van der Waals surface area contributed by atoms with Gasteiger partial charge in [-0.15, -0.1) is 0 Å². The summed E-state index contributed by atoms with van der Waals surface area (Å²) in [6.45, 7) is 1.07. The highest BCUT2D eigenvalue weighted by Gasteiger charge is 2.34. The summed E-state index contributed by atoms with van der Waals surface area (Å²) in [5, 5.41) is 5.59. The summed E-state index contributed by atoms with van der Waals surface area (Å²) in [6.07, 6.45) is 6.54. The summed E-state index contributed by atoms with van der Waals surface area (Å²) in [6, 6.07) is 5.31. The lowest BCUT2D eigenvalue weighted by Crippen LogP contribution is -2.47. The highest BCUT2D eigenvalue weighted by atomic mass is 19.1. The van der Waals surface area contributed by atoms with Gasteiger partial charge in [-0.2, -0.15) is 0 Å². The molecule has 5 nitrogen and oxygen atoms in total. The number of amides is 3. The van der Waals surface area contributed by atoms with Crippen LogP contribution in [0.3, 0.4) is 0 Å². The van der Waals surface area contributed by atoms with Gasteiger partial charge in [-0.3, -0.25) is 4.79 Å². The zero-order chi connectivity index (χ0) is 16.9. The Balaban J connectivity index is 1.50. The molecule has 2 N–H and O–H groups in total. The Hall–Kier alpha value is -2.11. The Morgan fingerprint density at radius 2 is 1.92 bits per heavy atom. The molecule has 1 atom stereocenters. The summed E-state index contributed by atoms with van der Waals surface area (Å²) in [5.41, 5.74) is 0.273. The first-order chi connectivity index (χ1) is 11.6. The number of nitrogens with one attached hydrogen (secondary N) is 2. The van der Waals surface area contributed by atoms with Crippen LogP contribution in [0.2, 0.25) is 0 Å². The van der Waals surface area contributed by atoms with Crippen molar-refractivity contribution in [1.29, 1.82) is 0 Å². The second-order valence-electron chi connectivity index (χ2n) is 6.64. The van der Waals surface area contributed by atoms with Gasteiger partial charge in [-0.1, -0.05) is 31.4 Å². The number of nitrogens with zero attached hydrogens (tertiary/aromatic N) is 1. The predicted octanol–water partition coefficient (Wildman–Crippen LogP) is 2.81. The number of benzene rings is 1. The highest BCUT2D eigenvalue weighted by molar-refractivity contribution is 6.01. The number of halogens is 1. The van der Waals surface area contributed by atoms with Crippen LogP contribution in [0.1, 0.15) is 38.5 Å². The molecule has 2 fully saturated rings. The minimum atomic E-state index is -0.587. The second-order valence-corrected chi connectivity index (χ2v) is 6.64. The molecule has 1 saturated heterocycles. The van der Waals surface area contributed by atoms with E-state index in [1.807, 2.05) is 0 Å². The maximum absolute atomic E-state index is 13.8. The fourth-order valence-electron chi connectivity index (χ4n) is 3.56. The van der Waals surface area contributed by atoms with Crippen molar-refractivity contribution in [3.8, 4) is 0 Å². The van der Waals surface area contributed by atoms with Gasteiger partial charge in [0.05, 0.1) is 5.69 Å². The predicted molar refractivity (Wildman–Crippen MR) is 90.3 cm³/mol. The van der Waals surface area contributed by atoms with E-state index in [0.717, 1.165) is 12.8 Å². The third-order valence-electron chi connectivity index (χ3n) is 4.93. The third-order valence-corrected chi connectivity index (χ3v) is 4.93. The number of anilines is 1. The van der Waals surface area contributed by atoms with Crippen molar-refractivity contribution in [2.75, 3.05) is 18.0 Å². The molecule has 0 radical (unpaired) electrons. The minimum absolute atomic E-state index is 0.257. The number of para-hydroxylation sites is 1. The molecule has 1 heterocycles. The van der Waals surface area contributed by atoms with E-state index < -0.39 is 11.9 Å². The fraction of sp³-hybridized carbons (Fsp3) is 0.556. The van der Waals surface area contributed by atoms with Crippen LogP contribution in [0.4, 0.5) is 14.9 Å². The molecule has 24 heavy (non-hydrogen) atoms. The van der Waals surface area contributed by atoms with Gasteiger partial charge in [0.1, 0.15) is 11.9 Å². The zero-order valence-corrected chi connectivity index (χ0v) is 13.8. The molecule has 2 aliphatic rings. The number of carbonyl (C=O) groups excluding carboxylic acids is 2. The summed E-state index contributed by atoms with van der Waals surface area (Å²) < 4.78 is 13.8. The van der Waals surface area contributed by atoms with Crippen molar-refractivity contribution in [2.24, 2.45) is 5.92 Å². The van der Waals surface area contributed by atoms with Crippen molar-refractivity contribution < 1.29 is 14.0 Å². The van der Waals surface area contributed by atoms with Crippen molar-refractivity contribution in [3.05, 3.63) is 30.1 Å². The smallest absolute Gasteiger partial charge is 0.315 e. The lowest BCUT2D eigenvalue weighted by Gasteiger charge is -2.22. The van der Waals surface area contributed by atoms with E-state index in [-0.39, 0.29) is 17.6 Å². The Kier molecular flexibility index (Phi) is 5.33. The van der Waals surface area contributed by atoms with Gasteiger partial charge in [-0.25, -0.2) is 9.18 Å². The standard InChI is InChI=1S/C18H24FN3O2/c19-14-8-4-5-9-16(14)22-11-10-15(17(22)23)21-18(24)20-12-13-6-2-1-3-7-13/h4-5,8-9,13,15H,1-3,6-7,10-12H2,(H2,20,21,24)/t15-/m1/s1. The van der Waals surface area contributed by atoms with Gasteiger partial charge < -0.3 is 15.5 Å². The van der Waals surface area contributed by atoms with Crippen molar-refractivity contribution in [3.63, 3.8) is 0 Å². The van der Waals surface area contributed by atoms with E-state index in [0.29, 0.717) is 25.4 Å². The normalized spacial score (nSPS) is 21.8. The first kappa shape index (κ1) is 16.7. The van der Waals surface area contributed by atoms with Crippen molar-refractivity contribution in [2.45, 2.75) is 44.6 Å². The molecule has 3 amide bonds. The first-order valence-corrected chi connectivity index (χ1v) is 8.75. The lowest BCUT2D eigenvalue weighted by atomic mass is 9.89. The monoisotopic (exact) mass is 333 g/mol. The van der Waals surface area contributed by atoms with E-state index in [2.05, 4.69) is 10.6 Å². The molecule has 0 unspecified atom stereocenters. The molecule has 0 aromatic heterocycles. The van der Waals surface area contributed by atoms with Crippen LogP contribution >= 0.6 is 0 Å². The molecule has 0 bridgehead atoms. The van der Waals surface area contributed by atoms with Gasteiger partial charge in [-0.05, 0) is 37.3 Å². The number of rotatable bonds is 4. The molecule has 1 aromatic rings. The molecule has 1 saturated carbocycles. The highest BCUT2D eigenvalue weighted by Crippen LogP contribution is 2.25. The molecule has 130 valence electrons. The molecule has 0 spiro atoms. The van der Waals surface area contributed by atoms with Gasteiger partial charge >= 0.3 is 6.03 Å². The van der Waals surface area contributed by atoms with Gasteiger partial charge in [0.25, 0.3) is 0 Å². The maximum Gasteiger partial charge on any atom is 0.315 e. The molecule has 3 rings (SSSR count). The fourth-order valence-corrected chi connectivity index (χ4v) is 3.56. The van der Waals surface area contributed by atoms with Crippen LogP contribution in [0.15, 0.2) is 24.3 Å². The van der Waals surface area contributed by atoms with Crippen LogP contribution in [0.25, 0.3) is 0 Å². The molecule has 1 aliphatic heterocycles. The average Bonchev–Trinajstić information content (AvgIpc) is 2.95. The van der Waals surface area contributed by atoms with Crippen LogP contribution in [-0.2, 0) is 4.79 Å². The lowest BCUT2D eigenvalue weighted by molar-refractivity contribution is -0.118. The molecular weight excluding hydrogens is 309 g/mol. The molecule has 1 aromatic carbocycles. The second kappa shape index (κ2) is 7.64. The summed E-state index contributed by atoms with van der Waals surface area (Å²) in [5.74, 6) is -0.139. The number of carbonyl (C=O) groups is 2. The number of hydrogen-bond donors (Lipinski definition) is 2. The van der Waals surface area contributed by atoms with E-state index in [1.54, 1.807) is 18.2 Å². The Labute approximate surface area is 141 Å². The minimum Gasteiger partial charge on any atom is -0.338 e. The van der Waals surface area contributed by atoms with Crippen LogP contribution in [0.5, 0.6) is 0 Å². The van der Waals surface area contributed by atoms with Crippen molar-refractivity contribution in [1.82, 2.24) is 10.6 Å². The summed E-state index contributed by atoms with van der Waals surface area (Å²) in [7, 11) is 0. The largest absolute Gasteiger partial charge is 0.338 e. The summed E-state index contributed by atoms with van der Waals surface area (Å²) in [4.78, 5) is 25.9. The number of hydrogen-bond acceptors (Lipinski definition) is 2. The Morgan fingerprint density at radius 1 is 1.17 bits per heavy atom. The van der Waals surface area contributed by atoms with E-state index in [4.69, 9.17) is 0 Å². The van der Waals surface area contributed by atoms with Crippen LogP contribution in [0, 0.1) is 11.7 Å². The van der Waals surface area contributed by atoms with Crippen LogP contribution in [-0.4, -0.2) is 31.1 Å². The molecule has 1 aliphatic carbocycles. The maximum atomic E-state index is 13.8. The average molecular weight is 333 g/mol. The van der Waals surface area contributed by atoms with Gasteiger partial charge in [0.15, 0.2) is 0 Å². The first-order valence-electron chi connectivity index (χ1n) is 8.75. The zero-order valence-electron chi connectivity index (χ0n) is 13.8. The van der Waals surface area contributed by atoms with Crippen molar-refractivity contribution >= 4 is 17.6 Å². The Bertz CT molecular complexity index is 602. The van der Waals surface area contributed by atoms with Crippen LogP contribution < -0.4 is 15.5 Å². The Morgan fingerprint density at radius 3 is 2.67 bits per heavy atom. The van der Waals surface area contributed by atoms with Gasteiger partial charge in [0, 0.05) is 13.1 Å². The topological polar surface area (TPSA) is 61.4 Å². The van der Waals surface area contributed by atoms with Gasteiger partial charge in [0.2, 0.25) is 5.91 Å². The SMILES string of the molecule is O=C(NCC1CCCCC1)N[C@@H]1CCN(c2ccccc2F)C1=O. The molecule has 6 heteroatoms. The number of urea groups is 1. The van der Waals surface area contributed by atoms with E-state index in [1.165, 1.54) is 30.2 Å². The third kappa shape index (κ3) is 3.86.